The van der Waals surface area contributed by atoms with Gasteiger partial charge in [-0.15, -0.1) is 0 Å². The molecule has 0 fully saturated rings. The van der Waals surface area contributed by atoms with Crippen LogP contribution in [0.15, 0.2) is 12.3 Å². The Morgan fingerprint density at radius 2 is 1.10 bits per heavy atom. The van der Waals surface area contributed by atoms with Crippen molar-refractivity contribution < 1.29 is 18.9 Å². The highest BCUT2D eigenvalue weighted by Crippen LogP contribution is 2.14. The van der Waals surface area contributed by atoms with Crippen molar-refractivity contribution in [3.05, 3.63) is 12.3 Å². The van der Waals surface area contributed by atoms with E-state index in [1.165, 1.54) is 77.0 Å². The molecule has 0 amide bonds. The number of hydrogen-bond acceptors (Lipinski definition) is 4. The van der Waals surface area contributed by atoms with E-state index in [1.807, 2.05) is 0 Å². The zero-order chi connectivity index (χ0) is 22.7. The van der Waals surface area contributed by atoms with Gasteiger partial charge in [-0.1, -0.05) is 85.0 Å². The lowest BCUT2D eigenvalue weighted by Gasteiger charge is -2.18. The molecule has 0 rings (SSSR count). The number of unbranched alkanes of at least 4 members (excludes halogenated alkanes) is 12. The van der Waals surface area contributed by atoms with Gasteiger partial charge < -0.3 is 18.9 Å². The second kappa shape index (κ2) is 27.5. The average molecular weight is 443 g/mol. The Bertz CT molecular complexity index is 336. The van der Waals surface area contributed by atoms with Gasteiger partial charge in [-0.3, -0.25) is 0 Å². The van der Waals surface area contributed by atoms with Gasteiger partial charge in [0.05, 0.1) is 12.9 Å². The van der Waals surface area contributed by atoms with Crippen molar-refractivity contribution in [1.29, 1.82) is 0 Å². The second-order valence-corrected chi connectivity index (χ2v) is 8.56. The van der Waals surface area contributed by atoms with E-state index in [0.29, 0.717) is 6.79 Å². The van der Waals surface area contributed by atoms with Gasteiger partial charge in [0.25, 0.3) is 0 Å². The molecule has 186 valence electrons. The molecule has 0 heterocycles. The molecule has 0 saturated carbocycles. The van der Waals surface area contributed by atoms with Gasteiger partial charge in [-0.05, 0) is 51.0 Å². The summed E-state index contributed by atoms with van der Waals surface area (Å²) in [7, 11) is 0. The van der Waals surface area contributed by atoms with E-state index in [4.69, 9.17) is 18.9 Å². The van der Waals surface area contributed by atoms with Gasteiger partial charge >= 0.3 is 0 Å². The minimum Gasteiger partial charge on any atom is -0.475 e. The zero-order valence-corrected chi connectivity index (χ0v) is 21.2. The maximum absolute atomic E-state index is 5.92. The van der Waals surface area contributed by atoms with E-state index in [1.54, 1.807) is 6.26 Å². The molecule has 0 aliphatic heterocycles. The molecule has 0 aromatic carbocycles. The molecule has 0 spiro atoms. The number of hydrogen-bond donors (Lipinski definition) is 0. The molecule has 0 aromatic rings. The first-order chi connectivity index (χ1) is 15.3. The summed E-state index contributed by atoms with van der Waals surface area (Å²) in [5, 5.41) is 0. The molecule has 0 aliphatic rings. The van der Waals surface area contributed by atoms with Crippen molar-refractivity contribution in [3.63, 3.8) is 0 Å². The first kappa shape index (κ1) is 30.4. The van der Waals surface area contributed by atoms with Crippen LogP contribution >= 0.6 is 0 Å². The maximum atomic E-state index is 5.92. The molecule has 0 atom stereocenters. The van der Waals surface area contributed by atoms with Crippen LogP contribution in [0, 0.1) is 0 Å². The van der Waals surface area contributed by atoms with E-state index in [9.17, 15) is 0 Å². The molecular weight excluding hydrogens is 388 g/mol. The topological polar surface area (TPSA) is 36.9 Å². The van der Waals surface area contributed by atoms with Crippen LogP contribution in [0.5, 0.6) is 0 Å². The predicted octanol–water partition coefficient (Wildman–Crippen LogP) is 8.54. The fraction of sp³-hybridized carbons (Fsp3) is 0.926. The Hall–Kier alpha value is -0.580. The lowest BCUT2D eigenvalue weighted by atomic mass is 10.1. The molecule has 0 saturated heterocycles. The normalized spacial score (nSPS) is 11.7. The van der Waals surface area contributed by atoms with Crippen LogP contribution < -0.4 is 0 Å². The Morgan fingerprint density at radius 1 is 0.581 bits per heavy atom. The second-order valence-electron chi connectivity index (χ2n) is 8.56. The molecule has 0 N–H and O–H groups in total. The van der Waals surface area contributed by atoms with E-state index in [0.717, 1.165) is 51.9 Å². The molecule has 0 unspecified atom stereocenters. The first-order valence-corrected chi connectivity index (χ1v) is 13.4. The van der Waals surface area contributed by atoms with E-state index >= 15 is 0 Å². The molecule has 0 aromatic heterocycles. The van der Waals surface area contributed by atoms with Crippen LogP contribution in [0.25, 0.3) is 0 Å². The largest absolute Gasteiger partial charge is 0.475 e. The molecule has 0 bridgehead atoms. The Kier molecular flexibility index (Phi) is 26.9. The molecule has 31 heavy (non-hydrogen) atoms. The van der Waals surface area contributed by atoms with E-state index in [2.05, 4.69) is 26.8 Å². The Morgan fingerprint density at radius 3 is 1.68 bits per heavy atom. The van der Waals surface area contributed by atoms with Crippen LogP contribution in [0.4, 0.5) is 0 Å². The highest BCUT2D eigenvalue weighted by Gasteiger charge is 2.08. The van der Waals surface area contributed by atoms with Gasteiger partial charge in [0.2, 0.25) is 0 Å². The summed E-state index contributed by atoms with van der Waals surface area (Å²) in [6.45, 7) is 9.43. The number of rotatable bonds is 26. The van der Waals surface area contributed by atoms with Crippen molar-refractivity contribution in [2.24, 2.45) is 0 Å². The summed E-state index contributed by atoms with van der Waals surface area (Å²) >= 11 is 0. The SMILES string of the molecule is CCCCOCOC=CCCCCCCCCCCCC(OCCCC)OCCCC. The van der Waals surface area contributed by atoms with Crippen molar-refractivity contribution in [2.45, 2.75) is 136 Å². The summed E-state index contributed by atoms with van der Waals surface area (Å²) < 4.78 is 22.5. The molecule has 0 aliphatic carbocycles. The minimum absolute atomic E-state index is 0.0196. The van der Waals surface area contributed by atoms with Gasteiger partial charge in [-0.25, -0.2) is 0 Å². The monoisotopic (exact) mass is 442 g/mol. The van der Waals surface area contributed by atoms with Crippen LogP contribution in [-0.2, 0) is 18.9 Å². The Labute approximate surface area is 194 Å². The van der Waals surface area contributed by atoms with Crippen LogP contribution in [0.3, 0.4) is 0 Å². The smallest absolute Gasteiger partial charge is 0.188 e. The number of ether oxygens (including phenoxy) is 4. The molecular formula is C27H54O4. The average Bonchev–Trinajstić information content (AvgIpc) is 2.78. The van der Waals surface area contributed by atoms with Gasteiger partial charge in [0.15, 0.2) is 13.1 Å². The maximum Gasteiger partial charge on any atom is 0.188 e. The fourth-order valence-electron chi connectivity index (χ4n) is 3.27. The molecule has 4 heteroatoms. The zero-order valence-electron chi connectivity index (χ0n) is 21.2. The summed E-state index contributed by atoms with van der Waals surface area (Å²) in [4.78, 5) is 0. The van der Waals surface area contributed by atoms with Gasteiger partial charge in [0.1, 0.15) is 0 Å². The van der Waals surface area contributed by atoms with Crippen molar-refractivity contribution in [1.82, 2.24) is 0 Å². The quantitative estimate of drug-likeness (QED) is 0.0764. The standard InChI is InChI=1S/C27H54O4/c1-4-7-22-28-26-29-23-20-18-16-14-12-10-11-13-15-17-19-21-27(30-24-8-5-2)31-25-9-6-3/h20,23,27H,4-19,21-22,24-26H2,1-3H3. The predicted molar refractivity (Wildman–Crippen MR) is 132 cm³/mol. The van der Waals surface area contributed by atoms with E-state index in [-0.39, 0.29) is 6.29 Å². The lowest BCUT2D eigenvalue weighted by molar-refractivity contribution is -0.147. The van der Waals surface area contributed by atoms with Gasteiger partial charge in [0, 0.05) is 13.2 Å². The highest BCUT2D eigenvalue weighted by molar-refractivity contribution is 4.72. The summed E-state index contributed by atoms with van der Waals surface area (Å²) in [5.74, 6) is 0. The van der Waals surface area contributed by atoms with Crippen molar-refractivity contribution >= 4 is 0 Å². The number of allylic oxidation sites excluding steroid dienone is 1. The lowest BCUT2D eigenvalue weighted by Crippen LogP contribution is -2.18. The fourth-order valence-corrected chi connectivity index (χ4v) is 3.27. The summed E-state index contributed by atoms with van der Waals surface area (Å²) in [6.07, 6.45) is 24.9. The van der Waals surface area contributed by atoms with Crippen LogP contribution in [0.2, 0.25) is 0 Å². The highest BCUT2D eigenvalue weighted by atomic mass is 16.7. The summed E-state index contributed by atoms with van der Waals surface area (Å²) in [5.41, 5.74) is 0. The van der Waals surface area contributed by atoms with Crippen LogP contribution in [-0.4, -0.2) is 32.9 Å². The van der Waals surface area contributed by atoms with Crippen molar-refractivity contribution in [3.8, 4) is 0 Å². The first-order valence-electron chi connectivity index (χ1n) is 13.4. The third-order valence-corrected chi connectivity index (χ3v) is 5.40. The third kappa shape index (κ3) is 25.6. The summed E-state index contributed by atoms with van der Waals surface area (Å²) in [6, 6.07) is 0. The van der Waals surface area contributed by atoms with Crippen molar-refractivity contribution in [2.75, 3.05) is 26.6 Å². The third-order valence-electron chi connectivity index (χ3n) is 5.40. The Balaban J connectivity index is 3.39. The van der Waals surface area contributed by atoms with Crippen LogP contribution in [0.1, 0.15) is 130 Å². The molecule has 4 nitrogen and oxygen atoms in total. The molecule has 0 radical (unpaired) electrons. The van der Waals surface area contributed by atoms with Gasteiger partial charge in [-0.2, -0.15) is 0 Å². The minimum atomic E-state index is 0.0196. The van der Waals surface area contributed by atoms with E-state index < -0.39 is 0 Å².